The van der Waals surface area contributed by atoms with Crippen LogP contribution < -0.4 is 0 Å². The van der Waals surface area contributed by atoms with Crippen molar-refractivity contribution >= 4 is 12.0 Å². The molecule has 5 heteroatoms. The zero-order chi connectivity index (χ0) is 12.6. The van der Waals surface area contributed by atoms with Gasteiger partial charge in [-0.3, -0.25) is 4.79 Å². The summed E-state index contributed by atoms with van der Waals surface area (Å²) in [5, 5.41) is 8.93. The van der Waals surface area contributed by atoms with Crippen molar-refractivity contribution in [3.8, 4) is 0 Å². The monoisotopic (exact) mass is 240 g/mol. The van der Waals surface area contributed by atoms with Gasteiger partial charge >= 0.3 is 12.0 Å². The van der Waals surface area contributed by atoms with Gasteiger partial charge in [0.05, 0.1) is 5.92 Å². The third-order valence-electron chi connectivity index (χ3n) is 3.94. The molecule has 5 nitrogen and oxygen atoms in total. The van der Waals surface area contributed by atoms with Crippen molar-refractivity contribution in [1.82, 2.24) is 9.80 Å². The number of rotatable bonds is 1. The second-order valence-corrected chi connectivity index (χ2v) is 5.62. The van der Waals surface area contributed by atoms with Gasteiger partial charge in [0.15, 0.2) is 0 Å². The molecule has 1 N–H and O–H groups in total. The van der Waals surface area contributed by atoms with E-state index >= 15 is 0 Å². The van der Waals surface area contributed by atoms with Crippen molar-refractivity contribution in [2.75, 3.05) is 19.6 Å². The van der Waals surface area contributed by atoms with Crippen LogP contribution in [0.2, 0.25) is 0 Å². The SMILES string of the molecule is CC1(C)CCCN1C(=O)N1CCC(C(=O)O)C1. The molecule has 17 heavy (non-hydrogen) atoms. The van der Waals surface area contributed by atoms with Crippen molar-refractivity contribution in [2.45, 2.75) is 38.6 Å². The van der Waals surface area contributed by atoms with Gasteiger partial charge in [0.2, 0.25) is 0 Å². The van der Waals surface area contributed by atoms with Gasteiger partial charge in [-0.1, -0.05) is 0 Å². The Morgan fingerprint density at radius 1 is 1.29 bits per heavy atom. The van der Waals surface area contributed by atoms with Crippen LogP contribution in [0.3, 0.4) is 0 Å². The highest BCUT2D eigenvalue weighted by atomic mass is 16.4. The van der Waals surface area contributed by atoms with E-state index in [4.69, 9.17) is 5.11 Å². The quantitative estimate of drug-likeness (QED) is 0.753. The summed E-state index contributed by atoms with van der Waals surface area (Å²) >= 11 is 0. The minimum absolute atomic E-state index is 0.0104. The summed E-state index contributed by atoms with van der Waals surface area (Å²) < 4.78 is 0. The molecule has 0 aromatic carbocycles. The molecule has 2 rings (SSSR count). The summed E-state index contributed by atoms with van der Waals surface area (Å²) in [5.74, 6) is -1.18. The summed E-state index contributed by atoms with van der Waals surface area (Å²) in [6.07, 6.45) is 2.64. The van der Waals surface area contributed by atoms with Gasteiger partial charge in [-0.2, -0.15) is 0 Å². The van der Waals surface area contributed by atoms with Gasteiger partial charge in [0.25, 0.3) is 0 Å². The van der Waals surface area contributed by atoms with Crippen LogP contribution in [0.25, 0.3) is 0 Å². The molecule has 0 spiro atoms. The maximum absolute atomic E-state index is 12.3. The fraction of sp³-hybridized carbons (Fsp3) is 0.833. The smallest absolute Gasteiger partial charge is 0.320 e. The lowest BCUT2D eigenvalue weighted by Gasteiger charge is -2.34. The van der Waals surface area contributed by atoms with Crippen LogP contribution in [0.5, 0.6) is 0 Å². The van der Waals surface area contributed by atoms with Gasteiger partial charge in [-0.25, -0.2) is 4.79 Å². The molecule has 2 fully saturated rings. The molecule has 1 unspecified atom stereocenters. The standard InChI is InChI=1S/C12H20N2O3/c1-12(2)5-3-6-14(12)11(17)13-7-4-9(8-13)10(15)16/h9H,3-8H2,1-2H3,(H,15,16). The lowest BCUT2D eigenvalue weighted by atomic mass is 10.0. The first-order chi connectivity index (χ1) is 7.92. The molecule has 0 saturated carbocycles. The highest BCUT2D eigenvalue weighted by Crippen LogP contribution is 2.30. The molecule has 2 aliphatic rings. The molecule has 96 valence electrons. The molecule has 0 bridgehead atoms. The molecule has 0 aromatic rings. The van der Waals surface area contributed by atoms with Crippen LogP contribution in [0.1, 0.15) is 33.1 Å². The fourth-order valence-corrected chi connectivity index (χ4v) is 2.77. The van der Waals surface area contributed by atoms with E-state index in [1.165, 1.54) is 0 Å². The molecular weight excluding hydrogens is 220 g/mol. The van der Waals surface area contributed by atoms with Crippen molar-refractivity contribution in [3.63, 3.8) is 0 Å². The maximum Gasteiger partial charge on any atom is 0.320 e. The molecule has 0 radical (unpaired) electrons. The summed E-state index contributed by atoms with van der Waals surface area (Å²) in [5.41, 5.74) is -0.0849. The number of urea groups is 1. The number of hydrogen-bond acceptors (Lipinski definition) is 2. The predicted molar refractivity (Wildman–Crippen MR) is 62.7 cm³/mol. The van der Waals surface area contributed by atoms with E-state index in [1.54, 1.807) is 4.90 Å². The molecule has 0 aromatic heterocycles. The predicted octanol–water partition coefficient (Wildman–Crippen LogP) is 1.39. The number of carboxylic acids is 1. The lowest BCUT2D eigenvalue weighted by molar-refractivity contribution is -0.141. The van der Waals surface area contributed by atoms with E-state index in [0.717, 1.165) is 19.4 Å². The topological polar surface area (TPSA) is 60.9 Å². The largest absolute Gasteiger partial charge is 0.481 e. The van der Waals surface area contributed by atoms with Crippen molar-refractivity contribution < 1.29 is 14.7 Å². The fourth-order valence-electron chi connectivity index (χ4n) is 2.77. The zero-order valence-electron chi connectivity index (χ0n) is 10.5. The number of hydrogen-bond donors (Lipinski definition) is 1. The maximum atomic E-state index is 12.3. The number of nitrogens with zero attached hydrogens (tertiary/aromatic N) is 2. The van der Waals surface area contributed by atoms with Gasteiger partial charge < -0.3 is 14.9 Å². The van der Waals surface area contributed by atoms with E-state index in [0.29, 0.717) is 19.5 Å². The molecule has 1 atom stereocenters. The number of carbonyl (C=O) groups excluding carboxylic acids is 1. The zero-order valence-corrected chi connectivity index (χ0v) is 10.5. The first-order valence-corrected chi connectivity index (χ1v) is 6.21. The van der Waals surface area contributed by atoms with E-state index in [-0.39, 0.29) is 17.5 Å². The number of carbonyl (C=O) groups is 2. The Morgan fingerprint density at radius 2 is 2.00 bits per heavy atom. The highest BCUT2D eigenvalue weighted by Gasteiger charge is 2.40. The minimum atomic E-state index is -0.791. The van der Waals surface area contributed by atoms with E-state index < -0.39 is 5.97 Å². The third kappa shape index (κ3) is 2.23. The summed E-state index contributed by atoms with van der Waals surface area (Å²) in [4.78, 5) is 26.7. The first kappa shape index (κ1) is 12.2. The molecule has 2 amide bonds. The summed E-state index contributed by atoms with van der Waals surface area (Å²) in [7, 11) is 0. The van der Waals surface area contributed by atoms with Crippen LogP contribution in [0.15, 0.2) is 0 Å². The Balaban J connectivity index is 2.00. The number of carboxylic acid groups (broad SMARTS) is 1. The number of amides is 2. The van der Waals surface area contributed by atoms with Gasteiger partial charge in [0, 0.05) is 25.2 Å². The normalized spacial score (nSPS) is 27.5. The van der Waals surface area contributed by atoms with Gasteiger partial charge in [0.1, 0.15) is 0 Å². The van der Waals surface area contributed by atoms with Crippen molar-refractivity contribution in [2.24, 2.45) is 5.92 Å². The number of aliphatic carboxylic acids is 1. The van der Waals surface area contributed by atoms with Crippen molar-refractivity contribution in [1.29, 1.82) is 0 Å². The van der Waals surface area contributed by atoms with Crippen molar-refractivity contribution in [3.05, 3.63) is 0 Å². The van der Waals surface area contributed by atoms with Gasteiger partial charge in [-0.15, -0.1) is 0 Å². The number of likely N-dealkylation sites (tertiary alicyclic amines) is 2. The Labute approximate surface area is 101 Å². The first-order valence-electron chi connectivity index (χ1n) is 6.21. The van der Waals surface area contributed by atoms with E-state index in [2.05, 4.69) is 13.8 Å². The molecule has 0 aliphatic carbocycles. The van der Waals surface area contributed by atoms with E-state index in [1.807, 2.05) is 4.90 Å². The third-order valence-corrected chi connectivity index (χ3v) is 3.94. The molecule has 2 saturated heterocycles. The molecule has 2 heterocycles. The highest BCUT2D eigenvalue weighted by molar-refractivity contribution is 5.78. The minimum Gasteiger partial charge on any atom is -0.481 e. The second kappa shape index (κ2) is 4.20. The van der Waals surface area contributed by atoms with Crippen LogP contribution in [-0.2, 0) is 4.79 Å². The lowest BCUT2D eigenvalue weighted by Crippen LogP contribution is -2.49. The Kier molecular flexibility index (Phi) is 3.02. The average Bonchev–Trinajstić information content (AvgIpc) is 2.82. The summed E-state index contributed by atoms with van der Waals surface area (Å²) in [6, 6.07) is 0.0104. The molecular formula is C12H20N2O3. The Hall–Kier alpha value is -1.26. The Bertz CT molecular complexity index is 341. The van der Waals surface area contributed by atoms with Crippen LogP contribution >= 0.6 is 0 Å². The van der Waals surface area contributed by atoms with Gasteiger partial charge in [-0.05, 0) is 33.1 Å². The molecule has 2 aliphatic heterocycles. The van der Waals surface area contributed by atoms with Crippen LogP contribution in [-0.4, -0.2) is 52.1 Å². The summed E-state index contributed by atoms with van der Waals surface area (Å²) in [6.45, 7) is 5.87. The average molecular weight is 240 g/mol. The second-order valence-electron chi connectivity index (χ2n) is 5.62. The Morgan fingerprint density at radius 3 is 2.47 bits per heavy atom. The van der Waals surface area contributed by atoms with E-state index in [9.17, 15) is 9.59 Å². The van der Waals surface area contributed by atoms with Crippen LogP contribution in [0.4, 0.5) is 4.79 Å². The van der Waals surface area contributed by atoms with Crippen LogP contribution in [0, 0.1) is 5.92 Å².